The van der Waals surface area contributed by atoms with Crippen molar-refractivity contribution < 1.29 is 9.18 Å². The van der Waals surface area contributed by atoms with Gasteiger partial charge in [-0.3, -0.25) is 4.79 Å². The normalized spacial score (nSPS) is 10.5. The van der Waals surface area contributed by atoms with E-state index in [4.69, 9.17) is 0 Å². The topological polar surface area (TPSA) is 17.1 Å². The maximum Gasteiger partial charge on any atom is 0.150 e. The molecule has 0 radical (unpaired) electrons. The molecule has 0 aliphatic rings. The van der Waals surface area contributed by atoms with Gasteiger partial charge in [0.15, 0.2) is 6.29 Å². The molecule has 0 aliphatic heterocycles. The second-order valence-electron chi connectivity index (χ2n) is 4.46. The van der Waals surface area contributed by atoms with Crippen molar-refractivity contribution in [3.63, 3.8) is 0 Å². The van der Waals surface area contributed by atoms with Crippen molar-refractivity contribution in [1.82, 2.24) is 0 Å². The number of rotatable bonds is 7. The van der Waals surface area contributed by atoms with Gasteiger partial charge in [0.2, 0.25) is 0 Å². The lowest BCUT2D eigenvalue weighted by molar-refractivity contribution is 0.112. The van der Waals surface area contributed by atoms with Crippen LogP contribution in [0.15, 0.2) is 12.1 Å². The molecule has 94 valence electrons. The van der Waals surface area contributed by atoms with E-state index < -0.39 is 0 Å². The van der Waals surface area contributed by atoms with Crippen LogP contribution in [0.2, 0.25) is 0 Å². The highest BCUT2D eigenvalue weighted by molar-refractivity contribution is 5.79. The largest absolute Gasteiger partial charge is 0.298 e. The Labute approximate surface area is 103 Å². The van der Waals surface area contributed by atoms with Crippen molar-refractivity contribution in [2.24, 2.45) is 0 Å². The third kappa shape index (κ3) is 3.95. The third-order valence-corrected chi connectivity index (χ3v) is 3.03. The number of halogens is 1. The first-order valence-electron chi connectivity index (χ1n) is 6.49. The highest BCUT2D eigenvalue weighted by Crippen LogP contribution is 2.19. The summed E-state index contributed by atoms with van der Waals surface area (Å²) in [6.07, 6.45) is 6.57. The molecule has 1 aromatic rings. The van der Waals surface area contributed by atoms with Gasteiger partial charge < -0.3 is 0 Å². The van der Waals surface area contributed by atoms with Gasteiger partial charge in [-0.1, -0.05) is 26.7 Å². The average molecular weight is 236 g/mol. The fourth-order valence-electron chi connectivity index (χ4n) is 2.04. The van der Waals surface area contributed by atoms with Gasteiger partial charge in [0.05, 0.1) is 0 Å². The molecule has 0 heterocycles. The highest BCUT2D eigenvalue weighted by atomic mass is 19.1. The first-order chi connectivity index (χ1) is 8.22. The smallest absolute Gasteiger partial charge is 0.150 e. The number of carbonyl (C=O) groups excluding carboxylic acids is 1. The number of carbonyl (C=O) groups is 1. The first kappa shape index (κ1) is 13.9. The predicted octanol–water partition coefficient (Wildman–Crippen LogP) is 4.32. The predicted molar refractivity (Wildman–Crippen MR) is 69.0 cm³/mol. The molecular weight excluding hydrogens is 215 g/mol. The van der Waals surface area contributed by atoms with Crippen LogP contribution in [-0.4, -0.2) is 6.29 Å². The molecule has 0 aromatic heterocycles. The van der Waals surface area contributed by atoms with E-state index in [1.54, 1.807) is 0 Å². The molecule has 0 fully saturated rings. The summed E-state index contributed by atoms with van der Waals surface area (Å²) in [7, 11) is 0. The Balaban J connectivity index is 3.01. The van der Waals surface area contributed by atoms with Gasteiger partial charge >= 0.3 is 0 Å². The number of unbranched alkanes of at least 4 members (excludes halogenated alkanes) is 2. The van der Waals surface area contributed by atoms with E-state index in [1.807, 2.05) is 0 Å². The fraction of sp³-hybridized carbons (Fsp3) is 0.533. The highest BCUT2D eigenvalue weighted by Gasteiger charge is 2.10. The minimum atomic E-state index is -0.215. The standard InChI is InChI=1S/C15H21FO/c1-3-5-7-12-9-14(16)10-13(8-6-4-2)15(12)11-17/h9-11H,3-8H2,1-2H3. The fourth-order valence-corrected chi connectivity index (χ4v) is 2.04. The zero-order valence-corrected chi connectivity index (χ0v) is 10.8. The number of benzene rings is 1. The summed E-state index contributed by atoms with van der Waals surface area (Å²) in [4.78, 5) is 11.2. The monoisotopic (exact) mass is 236 g/mol. The molecule has 0 atom stereocenters. The Hall–Kier alpha value is -1.18. The SMILES string of the molecule is CCCCc1cc(F)cc(CCCC)c1C=O. The maximum absolute atomic E-state index is 13.5. The average Bonchev–Trinajstić information content (AvgIpc) is 2.33. The molecule has 17 heavy (non-hydrogen) atoms. The van der Waals surface area contributed by atoms with E-state index >= 15 is 0 Å². The van der Waals surface area contributed by atoms with E-state index in [2.05, 4.69) is 13.8 Å². The van der Waals surface area contributed by atoms with Gasteiger partial charge in [0, 0.05) is 5.56 Å². The minimum Gasteiger partial charge on any atom is -0.298 e. The van der Waals surface area contributed by atoms with Crippen molar-refractivity contribution in [2.75, 3.05) is 0 Å². The van der Waals surface area contributed by atoms with Gasteiger partial charge in [0.25, 0.3) is 0 Å². The second kappa shape index (κ2) is 7.21. The Morgan fingerprint density at radius 3 is 1.88 bits per heavy atom. The number of hydrogen-bond acceptors (Lipinski definition) is 1. The zero-order chi connectivity index (χ0) is 12.7. The van der Waals surface area contributed by atoms with Crippen molar-refractivity contribution in [2.45, 2.75) is 52.4 Å². The summed E-state index contributed by atoms with van der Waals surface area (Å²) in [5.74, 6) is -0.215. The van der Waals surface area contributed by atoms with Gasteiger partial charge in [-0.2, -0.15) is 0 Å². The second-order valence-corrected chi connectivity index (χ2v) is 4.46. The molecule has 0 unspecified atom stereocenters. The molecule has 0 spiro atoms. The Bertz CT molecular complexity index is 342. The van der Waals surface area contributed by atoms with Crippen molar-refractivity contribution in [1.29, 1.82) is 0 Å². The summed E-state index contributed by atoms with van der Waals surface area (Å²) in [6, 6.07) is 3.02. The van der Waals surface area contributed by atoms with Crippen molar-refractivity contribution in [3.8, 4) is 0 Å². The van der Waals surface area contributed by atoms with Gasteiger partial charge in [-0.15, -0.1) is 0 Å². The molecule has 1 aromatic carbocycles. The molecule has 1 rings (SSSR count). The molecule has 0 bridgehead atoms. The molecule has 0 amide bonds. The van der Waals surface area contributed by atoms with Crippen molar-refractivity contribution in [3.05, 3.63) is 34.6 Å². The van der Waals surface area contributed by atoms with E-state index in [0.29, 0.717) is 5.56 Å². The lowest BCUT2D eigenvalue weighted by Gasteiger charge is -2.10. The lowest BCUT2D eigenvalue weighted by atomic mass is 9.95. The third-order valence-electron chi connectivity index (χ3n) is 3.03. The quantitative estimate of drug-likeness (QED) is 0.644. The van der Waals surface area contributed by atoms with Crippen LogP contribution in [0.5, 0.6) is 0 Å². The van der Waals surface area contributed by atoms with Crippen LogP contribution >= 0.6 is 0 Å². The van der Waals surface area contributed by atoms with E-state index in [0.717, 1.165) is 55.9 Å². The van der Waals surface area contributed by atoms with Crippen LogP contribution in [0.4, 0.5) is 4.39 Å². The van der Waals surface area contributed by atoms with Crippen LogP contribution in [0.1, 0.15) is 61.0 Å². The van der Waals surface area contributed by atoms with Crippen LogP contribution in [-0.2, 0) is 12.8 Å². The Morgan fingerprint density at radius 2 is 1.53 bits per heavy atom. The zero-order valence-electron chi connectivity index (χ0n) is 10.8. The Kier molecular flexibility index (Phi) is 5.88. The summed E-state index contributed by atoms with van der Waals surface area (Å²) in [6.45, 7) is 4.19. The van der Waals surface area contributed by atoms with Gasteiger partial charge in [-0.25, -0.2) is 4.39 Å². The molecule has 2 heteroatoms. The number of hydrogen-bond donors (Lipinski definition) is 0. The van der Waals surface area contributed by atoms with E-state index in [9.17, 15) is 9.18 Å². The summed E-state index contributed by atoms with van der Waals surface area (Å²) in [5, 5.41) is 0. The van der Waals surface area contributed by atoms with Gasteiger partial charge in [-0.05, 0) is 48.9 Å². The van der Waals surface area contributed by atoms with Gasteiger partial charge in [0.1, 0.15) is 5.82 Å². The van der Waals surface area contributed by atoms with Crippen LogP contribution in [0, 0.1) is 5.82 Å². The van der Waals surface area contributed by atoms with Crippen LogP contribution in [0.3, 0.4) is 0 Å². The maximum atomic E-state index is 13.5. The Morgan fingerprint density at radius 1 is 1.06 bits per heavy atom. The molecule has 0 saturated carbocycles. The summed E-state index contributed by atoms with van der Waals surface area (Å²) >= 11 is 0. The van der Waals surface area contributed by atoms with Crippen molar-refractivity contribution >= 4 is 6.29 Å². The molecule has 0 N–H and O–H groups in total. The summed E-state index contributed by atoms with van der Waals surface area (Å²) in [5.41, 5.74) is 2.45. The van der Waals surface area contributed by atoms with E-state index in [1.165, 1.54) is 12.1 Å². The molecule has 0 saturated heterocycles. The number of aryl methyl sites for hydroxylation is 2. The molecular formula is C15H21FO. The molecule has 1 nitrogen and oxygen atoms in total. The first-order valence-corrected chi connectivity index (χ1v) is 6.49. The lowest BCUT2D eigenvalue weighted by Crippen LogP contribution is -2.01. The van der Waals surface area contributed by atoms with Crippen LogP contribution in [0.25, 0.3) is 0 Å². The summed E-state index contributed by atoms with van der Waals surface area (Å²) < 4.78 is 13.5. The van der Waals surface area contributed by atoms with E-state index in [-0.39, 0.29) is 5.82 Å². The number of aldehydes is 1. The molecule has 0 aliphatic carbocycles. The minimum absolute atomic E-state index is 0.215. The van der Waals surface area contributed by atoms with Crippen LogP contribution < -0.4 is 0 Å².